The molecular weight excluding hydrogens is 366 g/mol. The Morgan fingerprint density at radius 3 is 1.92 bits per heavy atom. The summed E-state index contributed by atoms with van der Waals surface area (Å²) in [4.78, 5) is 0. The lowest BCUT2D eigenvalue weighted by Gasteiger charge is -2.10. The summed E-state index contributed by atoms with van der Waals surface area (Å²) in [5.74, 6) is 0.131. The summed E-state index contributed by atoms with van der Waals surface area (Å²) in [5, 5.41) is 3.16. The third kappa shape index (κ3) is 12.7. The number of ether oxygens (including phenoxy) is 1. The molecule has 0 atom stereocenters. The van der Waals surface area contributed by atoms with Gasteiger partial charge in [-0.25, -0.2) is 8.42 Å². The van der Waals surface area contributed by atoms with Crippen LogP contribution in [0.5, 0.6) is 0 Å². The maximum Gasteiger partial charge on any atom is 0.260 e. The molecule has 0 aromatic carbocycles. The van der Waals surface area contributed by atoms with Gasteiger partial charge < -0.3 is 10.1 Å². The van der Waals surface area contributed by atoms with Crippen molar-refractivity contribution in [3.63, 3.8) is 0 Å². The molecule has 4 nitrogen and oxygen atoms in total. The normalized spacial score (nSPS) is 15.7. The van der Waals surface area contributed by atoms with Crippen molar-refractivity contribution in [2.24, 2.45) is 0 Å². The lowest BCUT2D eigenvalue weighted by molar-refractivity contribution is 0.289. The monoisotopic (exact) mass is 403 g/mol. The Balaban J connectivity index is 1.81. The van der Waals surface area contributed by atoms with Crippen molar-refractivity contribution in [3.8, 4) is 0 Å². The molecule has 0 amide bonds. The fraction of sp³-hybridized carbons (Fsp3) is 0.850. The van der Waals surface area contributed by atoms with Crippen molar-refractivity contribution >= 4 is 27.2 Å². The molecule has 6 heteroatoms. The molecule has 0 aliphatic carbocycles. The Hall–Kier alpha value is -0.620. The van der Waals surface area contributed by atoms with Gasteiger partial charge >= 0.3 is 0 Å². The van der Waals surface area contributed by atoms with E-state index in [1.165, 1.54) is 70.6 Å². The van der Waals surface area contributed by atoms with Crippen LogP contribution in [0.15, 0.2) is 11.8 Å². The molecule has 1 heterocycles. The van der Waals surface area contributed by atoms with Gasteiger partial charge in [0.25, 0.3) is 5.17 Å². The van der Waals surface area contributed by atoms with Gasteiger partial charge in [0.15, 0.2) is 9.84 Å². The first-order valence-electron chi connectivity index (χ1n) is 10.4. The third-order valence-electron chi connectivity index (χ3n) is 4.70. The van der Waals surface area contributed by atoms with Gasteiger partial charge in [-0.15, -0.1) is 0 Å². The van der Waals surface area contributed by atoms with E-state index in [4.69, 9.17) is 17.0 Å². The van der Waals surface area contributed by atoms with Crippen LogP contribution >= 0.6 is 12.2 Å². The summed E-state index contributed by atoms with van der Waals surface area (Å²) in [6.45, 7) is 2.86. The van der Waals surface area contributed by atoms with Crippen LogP contribution in [-0.4, -0.2) is 31.7 Å². The first-order valence-corrected chi connectivity index (χ1v) is 12.6. The second kappa shape index (κ2) is 14.4. The van der Waals surface area contributed by atoms with Gasteiger partial charge in [0.1, 0.15) is 0 Å². The molecule has 1 aliphatic rings. The van der Waals surface area contributed by atoms with Crippen LogP contribution in [0.4, 0.5) is 0 Å². The molecule has 0 spiro atoms. The molecule has 0 aromatic heterocycles. The zero-order chi connectivity index (χ0) is 19.1. The zero-order valence-electron chi connectivity index (χ0n) is 16.4. The molecule has 0 fully saturated rings. The second-order valence-electron chi connectivity index (χ2n) is 7.29. The Morgan fingerprint density at radius 1 is 0.962 bits per heavy atom. The fourth-order valence-electron chi connectivity index (χ4n) is 3.12. The van der Waals surface area contributed by atoms with E-state index in [0.29, 0.717) is 12.3 Å². The quantitative estimate of drug-likeness (QED) is 0.298. The topological polar surface area (TPSA) is 55.4 Å². The van der Waals surface area contributed by atoms with Crippen LogP contribution in [-0.2, 0) is 14.6 Å². The molecule has 0 radical (unpaired) electrons. The predicted molar refractivity (Wildman–Crippen MR) is 114 cm³/mol. The minimum atomic E-state index is -2.96. The fourth-order valence-corrected chi connectivity index (χ4v) is 4.57. The number of thiocarbonyl (C=S) groups is 1. The van der Waals surface area contributed by atoms with Gasteiger partial charge in [-0.05, 0) is 24.7 Å². The summed E-state index contributed by atoms with van der Waals surface area (Å²) < 4.78 is 28.1. The van der Waals surface area contributed by atoms with Crippen LogP contribution in [0, 0.1) is 0 Å². The highest BCUT2D eigenvalue weighted by molar-refractivity contribution is 7.92. The molecule has 0 aromatic rings. The molecule has 0 bridgehead atoms. The maximum atomic E-state index is 11.3. The van der Waals surface area contributed by atoms with Crippen LogP contribution < -0.4 is 5.32 Å². The molecule has 0 unspecified atom stereocenters. The van der Waals surface area contributed by atoms with E-state index < -0.39 is 9.84 Å². The Labute approximate surface area is 166 Å². The largest absolute Gasteiger partial charge is 0.471 e. The van der Waals surface area contributed by atoms with E-state index in [0.717, 1.165) is 12.8 Å². The van der Waals surface area contributed by atoms with E-state index in [1.807, 2.05) is 0 Å². The van der Waals surface area contributed by atoms with Crippen LogP contribution in [0.3, 0.4) is 0 Å². The second-order valence-corrected chi connectivity index (χ2v) is 9.77. The van der Waals surface area contributed by atoms with Gasteiger partial charge in [0, 0.05) is 5.70 Å². The predicted octanol–water partition coefficient (Wildman–Crippen LogP) is 5.28. The third-order valence-corrected chi connectivity index (χ3v) is 6.35. The van der Waals surface area contributed by atoms with E-state index in [9.17, 15) is 8.42 Å². The van der Waals surface area contributed by atoms with Gasteiger partial charge in [-0.2, -0.15) is 0 Å². The number of hydrogen-bond acceptors (Lipinski definition) is 4. The molecule has 0 saturated heterocycles. The van der Waals surface area contributed by atoms with Crippen molar-refractivity contribution in [3.05, 3.63) is 11.8 Å². The highest BCUT2D eigenvalue weighted by Crippen LogP contribution is 2.12. The van der Waals surface area contributed by atoms with Gasteiger partial charge in [0.05, 0.1) is 18.1 Å². The number of nitrogens with one attached hydrogen (secondary N) is 1. The molecule has 0 saturated carbocycles. The summed E-state index contributed by atoms with van der Waals surface area (Å²) in [6.07, 6.45) is 18.9. The molecule has 152 valence electrons. The van der Waals surface area contributed by atoms with Crippen LogP contribution in [0.25, 0.3) is 0 Å². The SMILES string of the molecule is CCCCCCCCCCCCCCCOC(=S)NC1=CCS(=O)(=O)C1. The van der Waals surface area contributed by atoms with E-state index in [1.54, 1.807) is 6.08 Å². The number of rotatable bonds is 15. The minimum Gasteiger partial charge on any atom is -0.471 e. The highest BCUT2D eigenvalue weighted by Gasteiger charge is 2.20. The Morgan fingerprint density at radius 2 is 1.46 bits per heavy atom. The summed E-state index contributed by atoms with van der Waals surface area (Å²) in [5.41, 5.74) is 0.639. The summed E-state index contributed by atoms with van der Waals surface area (Å²) >= 11 is 5.09. The van der Waals surface area contributed by atoms with Crippen molar-refractivity contribution in [1.29, 1.82) is 0 Å². The smallest absolute Gasteiger partial charge is 0.260 e. The number of unbranched alkanes of at least 4 members (excludes halogenated alkanes) is 12. The van der Waals surface area contributed by atoms with Crippen molar-refractivity contribution in [2.75, 3.05) is 18.1 Å². The maximum absolute atomic E-state index is 11.3. The Kier molecular flexibility index (Phi) is 13.0. The van der Waals surface area contributed by atoms with Crippen LogP contribution in [0.1, 0.15) is 90.4 Å². The van der Waals surface area contributed by atoms with E-state index >= 15 is 0 Å². The minimum absolute atomic E-state index is 0.0369. The number of hydrogen-bond donors (Lipinski definition) is 1. The summed E-state index contributed by atoms with van der Waals surface area (Å²) in [6, 6.07) is 0. The molecule has 1 rings (SSSR count). The average molecular weight is 404 g/mol. The lowest BCUT2D eigenvalue weighted by atomic mass is 10.0. The van der Waals surface area contributed by atoms with Gasteiger partial charge in [-0.1, -0.05) is 84.0 Å². The molecule has 1 N–H and O–H groups in total. The summed E-state index contributed by atoms with van der Waals surface area (Å²) in [7, 11) is -2.96. The van der Waals surface area contributed by atoms with Gasteiger partial charge in [-0.3, -0.25) is 0 Å². The molecule has 26 heavy (non-hydrogen) atoms. The standard InChI is InChI=1S/C20H37NO3S2/c1-2-3-4-5-6-7-8-9-10-11-12-13-14-16-24-20(25)21-19-15-17-26(22,23)18-19/h15H,2-14,16-18H2,1H3,(H,21,25). The van der Waals surface area contributed by atoms with E-state index in [2.05, 4.69) is 12.2 Å². The van der Waals surface area contributed by atoms with Crippen molar-refractivity contribution in [1.82, 2.24) is 5.32 Å². The van der Waals surface area contributed by atoms with Gasteiger partial charge in [0.2, 0.25) is 0 Å². The lowest BCUT2D eigenvalue weighted by Crippen LogP contribution is -2.25. The molecule has 1 aliphatic heterocycles. The van der Waals surface area contributed by atoms with E-state index in [-0.39, 0.29) is 16.7 Å². The zero-order valence-corrected chi connectivity index (χ0v) is 18.1. The van der Waals surface area contributed by atoms with Crippen molar-refractivity contribution in [2.45, 2.75) is 90.4 Å². The average Bonchev–Trinajstić information content (AvgIpc) is 2.93. The number of sulfone groups is 1. The Bertz CT molecular complexity index is 515. The van der Waals surface area contributed by atoms with Crippen LogP contribution in [0.2, 0.25) is 0 Å². The molecular formula is C20H37NO3S2. The highest BCUT2D eigenvalue weighted by atomic mass is 32.2. The first kappa shape index (κ1) is 23.4. The first-order chi connectivity index (χ1) is 12.5. The van der Waals surface area contributed by atoms with Crippen molar-refractivity contribution < 1.29 is 13.2 Å².